The van der Waals surface area contributed by atoms with Gasteiger partial charge in [-0.05, 0) is 54.7 Å². The standard InChI is InChI=1S/C24H26N2O4/c1-29-19-5-2-4-18(14-19)15-23(27)25-22-7-3-6-21-20(22)8-11-26(24(21)28)16-17-9-12-30-13-10-17/h2-8,11,14,17H,9-10,12-13,15-16H2,1H3,(H,25,27). The molecule has 0 aliphatic carbocycles. The molecule has 0 radical (unpaired) electrons. The van der Waals surface area contributed by atoms with E-state index < -0.39 is 0 Å². The summed E-state index contributed by atoms with van der Waals surface area (Å²) in [4.78, 5) is 25.6. The third-order valence-electron chi connectivity index (χ3n) is 5.59. The minimum Gasteiger partial charge on any atom is -0.497 e. The topological polar surface area (TPSA) is 69.6 Å². The molecule has 156 valence electrons. The molecule has 6 nitrogen and oxygen atoms in total. The fraction of sp³-hybridized carbons (Fsp3) is 0.333. The molecule has 1 amide bonds. The van der Waals surface area contributed by atoms with E-state index in [1.165, 1.54) is 0 Å². The Bertz CT molecular complexity index is 1100. The average Bonchev–Trinajstić information content (AvgIpc) is 2.77. The van der Waals surface area contributed by atoms with Crippen LogP contribution in [0, 0.1) is 5.92 Å². The summed E-state index contributed by atoms with van der Waals surface area (Å²) in [6.07, 6.45) is 4.02. The largest absolute Gasteiger partial charge is 0.497 e. The number of amides is 1. The number of carbonyl (C=O) groups excluding carboxylic acids is 1. The van der Waals surface area contributed by atoms with Gasteiger partial charge >= 0.3 is 0 Å². The summed E-state index contributed by atoms with van der Waals surface area (Å²) < 4.78 is 12.4. The Labute approximate surface area is 175 Å². The number of rotatable bonds is 6. The van der Waals surface area contributed by atoms with Gasteiger partial charge in [0.1, 0.15) is 5.75 Å². The van der Waals surface area contributed by atoms with E-state index in [-0.39, 0.29) is 17.9 Å². The van der Waals surface area contributed by atoms with Gasteiger partial charge in [0.05, 0.1) is 13.5 Å². The minimum atomic E-state index is -0.137. The van der Waals surface area contributed by atoms with Crippen LogP contribution in [0.15, 0.2) is 59.5 Å². The van der Waals surface area contributed by atoms with Gasteiger partial charge in [-0.25, -0.2) is 0 Å². The molecule has 0 bridgehead atoms. The number of nitrogens with one attached hydrogen (secondary N) is 1. The summed E-state index contributed by atoms with van der Waals surface area (Å²) >= 11 is 0. The van der Waals surface area contributed by atoms with Gasteiger partial charge in [0.15, 0.2) is 0 Å². The van der Waals surface area contributed by atoms with Gasteiger partial charge in [-0.3, -0.25) is 9.59 Å². The van der Waals surface area contributed by atoms with Crippen LogP contribution in [0.25, 0.3) is 10.8 Å². The van der Waals surface area contributed by atoms with E-state index >= 15 is 0 Å². The van der Waals surface area contributed by atoms with Crippen molar-refractivity contribution in [1.29, 1.82) is 0 Å². The van der Waals surface area contributed by atoms with Crippen LogP contribution in [-0.2, 0) is 22.5 Å². The Kier molecular flexibility index (Phi) is 6.14. The zero-order valence-electron chi connectivity index (χ0n) is 17.1. The maximum atomic E-state index is 13.0. The second kappa shape index (κ2) is 9.13. The smallest absolute Gasteiger partial charge is 0.258 e. The molecule has 1 fully saturated rings. The number of anilines is 1. The molecule has 6 heteroatoms. The van der Waals surface area contributed by atoms with Crippen molar-refractivity contribution in [2.24, 2.45) is 5.92 Å². The summed E-state index contributed by atoms with van der Waals surface area (Å²) in [5.74, 6) is 1.04. The summed E-state index contributed by atoms with van der Waals surface area (Å²) in [5.41, 5.74) is 1.49. The number of aromatic nitrogens is 1. The van der Waals surface area contributed by atoms with E-state index in [9.17, 15) is 9.59 Å². The van der Waals surface area contributed by atoms with Crippen LogP contribution in [0.1, 0.15) is 18.4 Å². The first-order valence-electron chi connectivity index (χ1n) is 10.3. The normalized spacial score (nSPS) is 14.6. The molecule has 1 saturated heterocycles. The van der Waals surface area contributed by atoms with Crippen molar-refractivity contribution < 1.29 is 14.3 Å². The Hall–Kier alpha value is -3.12. The Morgan fingerprint density at radius 3 is 2.73 bits per heavy atom. The molecule has 0 spiro atoms. The van der Waals surface area contributed by atoms with Crippen LogP contribution in [0.3, 0.4) is 0 Å². The Morgan fingerprint density at radius 2 is 1.93 bits per heavy atom. The van der Waals surface area contributed by atoms with Crippen LogP contribution in [-0.4, -0.2) is 30.8 Å². The number of hydrogen-bond donors (Lipinski definition) is 1. The van der Waals surface area contributed by atoms with E-state index in [1.807, 2.05) is 54.7 Å². The molecular weight excluding hydrogens is 380 g/mol. The average molecular weight is 406 g/mol. The number of hydrogen-bond acceptors (Lipinski definition) is 4. The predicted molar refractivity (Wildman–Crippen MR) is 117 cm³/mol. The number of fused-ring (bicyclic) bond motifs is 1. The van der Waals surface area contributed by atoms with E-state index in [2.05, 4.69) is 5.32 Å². The molecule has 1 aliphatic heterocycles. The number of ether oxygens (including phenoxy) is 2. The van der Waals surface area contributed by atoms with Crippen molar-refractivity contribution in [2.45, 2.75) is 25.8 Å². The SMILES string of the molecule is COc1cccc(CC(=O)Nc2cccc3c(=O)n(CC4CCOCC4)ccc23)c1. The molecule has 30 heavy (non-hydrogen) atoms. The van der Waals surface area contributed by atoms with Crippen molar-refractivity contribution in [2.75, 3.05) is 25.6 Å². The predicted octanol–water partition coefficient (Wildman–Crippen LogP) is 3.62. The molecule has 3 aromatic rings. The Balaban J connectivity index is 1.53. The number of pyridine rings is 1. The molecule has 0 unspecified atom stereocenters. The number of carbonyl (C=O) groups is 1. The van der Waals surface area contributed by atoms with Gasteiger partial charge in [-0.1, -0.05) is 18.2 Å². The van der Waals surface area contributed by atoms with Gasteiger partial charge < -0.3 is 19.4 Å². The molecule has 4 rings (SSSR count). The number of benzene rings is 2. The lowest BCUT2D eigenvalue weighted by Crippen LogP contribution is -2.27. The highest BCUT2D eigenvalue weighted by molar-refractivity contribution is 6.02. The van der Waals surface area contributed by atoms with E-state index in [1.54, 1.807) is 11.7 Å². The zero-order valence-corrected chi connectivity index (χ0v) is 17.1. The lowest BCUT2D eigenvalue weighted by molar-refractivity contribution is -0.115. The summed E-state index contributed by atoms with van der Waals surface area (Å²) in [6, 6.07) is 14.8. The maximum absolute atomic E-state index is 13.0. The third kappa shape index (κ3) is 4.54. The number of nitrogens with zero attached hydrogens (tertiary/aromatic N) is 1. The van der Waals surface area contributed by atoms with Crippen molar-refractivity contribution in [1.82, 2.24) is 4.57 Å². The van der Waals surface area contributed by atoms with Crippen LogP contribution < -0.4 is 15.6 Å². The van der Waals surface area contributed by atoms with Gasteiger partial charge in [-0.2, -0.15) is 0 Å². The molecule has 1 N–H and O–H groups in total. The first-order chi connectivity index (χ1) is 14.6. The van der Waals surface area contributed by atoms with Gasteiger partial charge in [-0.15, -0.1) is 0 Å². The molecule has 0 atom stereocenters. The third-order valence-corrected chi connectivity index (χ3v) is 5.59. The monoisotopic (exact) mass is 406 g/mol. The zero-order chi connectivity index (χ0) is 20.9. The lowest BCUT2D eigenvalue weighted by atomic mass is 10.00. The van der Waals surface area contributed by atoms with Crippen molar-refractivity contribution in [3.8, 4) is 5.75 Å². The summed E-state index contributed by atoms with van der Waals surface area (Å²) in [6.45, 7) is 2.22. The van der Waals surface area contributed by atoms with Gasteiger partial charge in [0.2, 0.25) is 5.91 Å². The fourth-order valence-electron chi connectivity index (χ4n) is 3.94. The second-order valence-electron chi connectivity index (χ2n) is 7.67. The van der Waals surface area contributed by atoms with Crippen LogP contribution in [0.4, 0.5) is 5.69 Å². The molecule has 2 heterocycles. The first kappa shape index (κ1) is 20.2. The maximum Gasteiger partial charge on any atom is 0.258 e. The van der Waals surface area contributed by atoms with Crippen LogP contribution in [0.2, 0.25) is 0 Å². The Morgan fingerprint density at radius 1 is 1.13 bits per heavy atom. The molecule has 1 aliphatic rings. The highest BCUT2D eigenvalue weighted by Crippen LogP contribution is 2.23. The van der Waals surface area contributed by atoms with Crippen molar-refractivity contribution in [3.63, 3.8) is 0 Å². The molecule has 1 aromatic heterocycles. The highest BCUT2D eigenvalue weighted by Gasteiger charge is 2.16. The molecular formula is C24H26N2O4. The molecule has 2 aromatic carbocycles. The van der Waals surface area contributed by atoms with Crippen LogP contribution >= 0.6 is 0 Å². The van der Waals surface area contributed by atoms with Crippen molar-refractivity contribution >= 4 is 22.4 Å². The quantitative estimate of drug-likeness (QED) is 0.679. The minimum absolute atomic E-state index is 0.0251. The molecule has 0 saturated carbocycles. The van der Waals surface area contributed by atoms with Gasteiger partial charge in [0.25, 0.3) is 5.56 Å². The van der Waals surface area contributed by atoms with Crippen LogP contribution in [0.5, 0.6) is 5.75 Å². The van der Waals surface area contributed by atoms with Gasteiger partial charge in [0, 0.05) is 42.4 Å². The summed E-state index contributed by atoms with van der Waals surface area (Å²) in [7, 11) is 1.60. The second-order valence-corrected chi connectivity index (χ2v) is 7.67. The van der Waals surface area contributed by atoms with Crippen molar-refractivity contribution in [3.05, 3.63) is 70.6 Å². The van der Waals surface area contributed by atoms with E-state index in [0.717, 1.165) is 42.8 Å². The first-order valence-corrected chi connectivity index (χ1v) is 10.3. The summed E-state index contributed by atoms with van der Waals surface area (Å²) in [5, 5.41) is 4.32. The fourth-order valence-corrected chi connectivity index (χ4v) is 3.94. The number of methoxy groups -OCH3 is 1. The highest BCUT2D eigenvalue weighted by atomic mass is 16.5. The lowest BCUT2D eigenvalue weighted by Gasteiger charge is -2.23. The van der Waals surface area contributed by atoms with E-state index in [0.29, 0.717) is 23.5 Å². The van der Waals surface area contributed by atoms with E-state index in [4.69, 9.17) is 9.47 Å².